The number of aromatic nitrogens is 2. The van der Waals surface area contributed by atoms with Gasteiger partial charge < -0.3 is 14.2 Å². The summed E-state index contributed by atoms with van der Waals surface area (Å²) in [6.07, 6.45) is 2.93. The molecule has 0 saturated carbocycles. The second-order valence-electron chi connectivity index (χ2n) is 6.44. The molecular formula is C21H16N2O2. The molecule has 2 aromatic heterocycles. The Balaban J connectivity index is 1.84. The lowest BCUT2D eigenvalue weighted by atomic mass is 10.0. The van der Waals surface area contributed by atoms with Crippen LogP contribution in [0.15, 0.2) is 66.9 Å². The van der Waals surface area contributed by atoms with Gasteiger partial charge in [-0.2, -0.15) is 0 Å². The van der Waals surface area contributed by atoms with Crippen molar-refractivity contribution in [3.63, 3.8) is 0 Å². The standard InChI is InChI=1S/C21H16N2O2/c24-21(25)14-8-9-19-17(11-14)18-12-16-7-4-10-22(16)13-20(18)23(19)15-5-2-1-3-6-15/h1-11H,12-13H2,(H,24,25). The fourth-order valence-corrected chi connectivity index (χ4v) is 3.88. The Bertz CT molecular complexity index is 1120. The zero-order valence-electron chi connectivity index (χ0n) is 13.5. The Hall–Kier alpha value is -3.27. The highest BCUT2D eigenvalue weighted by molar-refractivity contribution is 5.96. The van der Waals surface area contributed by atoms with Gasteiger partial charge in [0, 0.05) is 35.1 Å². The van der Waals surface area contributed by atoms with Crippen LogP contribution in [-0.4, -0.2) is 20.2 Å². The van der Waals surface area contributed by atoms with Crippen molar-refractivity contribution in [2.24, 2.45) is 0 Å². The highest BCUT2D eigenvalue weighted by Crippen LogP contribution is 2.35. The first-order valence-electron chi connectivity index (χ1n) is 8.31. The SMILES string of the molecule is O=C(O)c1ccc2c(c1)c1c(n2-c2ccccc2)Cn2cccc2C1. The lowest BCUT2D eigenvalue weighted by molar-refractivity contribution is 0.0697. The molecule has 0 spiro atoms. The van der Waals surface area contributed by atoms with Crippen molar-refractivity contribution in [2.45, 2.75) is 13.0 Å². The van der Waals surface area contributed by atoms with E-state index < -0.39 is 5.97 Å². The first-order chi connectivity index (χ1) is 12.2. The summed E-state index contributed by atoms with van der Waals surface area (Å²) < 4.78 is 4.53. The third-order valence-corrected chi connectivity index (χ3v) is 5.04. The minimum Gasteiger partial charge on any atom is -0.478 e. The van der Waals surface area contributed by atoms with Crippen LogP contribution in [0.3, 0.4) is 0 Å². The van der Waals surface area contributed by atoms with Gasteiger partial charge in [-0.05, 0) is 48.0 Å². The molecule has 4 nitrogen and oxygen atoms in total. The van der Waals surface area contributed by atoms with Gasteiger partial charge in [0.1, 0.15) is 0 Å². The van der Waals surface area contributed by atoms with Crippen LogP contribution >= 0.6 is 0 Å². The van der Waals surface area contributed by atoms with E-state index in [0.717, 1.165) is 29.6 Å². The van der Waals surface area contributed by atoms with Crippen LogP contribution in [0.25, 0.3) is 16.6 Å². The third-order valence-electron chi connectivity index (χ3n) is 5.04. The number of nitrogens with zero attached hydrogens (tertiary/aromatic N) is 2. The molecule has 3 heterocycles. The maximum atomic E-state index is 11.4. The van der Waals surface area contributed by atoms with Gasteiger partial charge >= 0.3 is 5.97 Å². The average molecular weight is 328 g/mol. The third kappa shape index (κ3) is 2.04. The van der Waals surface area contributed by atoms with Crippen LogP contribution in [0.4, 0.5) is 0 Å². The number of hydrogen-bond donors (Lipinski definition) is 1. The number of benzene rings is 2. The molecule has 0 radical (unpaired) electrons. The molecular weight excluding hydrogens is 312 g/mol. The van der Waals surface area contributed by atoms with Crippen LogP contribution in [0.5, 0.6) is 0 Å². The Labute approximate surface area is 144 Å². The number of para-hydroxylation sites is 1. The summed E-state index contributed by atoms with van der Waals surface area (Å²) >= 11 is 0. The van der Waals surface area contributed by atoms with Gasteiger partial charge in [0.15, 0.2) is 0 Å². The summed E-state index contributed by atoms with van der Waals surface area (Å²) in [5.74, 6) is -0.887. The molecule has 4 aromatic rings. The summed E-state index contributed by atoms with van der Waals surface area (Å²) in [5, 5.41) is 10.4. The van der Waals surface area contributed by atoms with Crippen molar-refractivity contribution in [1.82, 2.24) is 9.13 Å². The largest absolute Gasteiger partial charge is 0.478 e. The van der Waals surface area contributed by atoms with Crippen LogP contribution in [0, 0.1) is 0 Å². The van der Waals surface area contributed by atoms with Gasteiger partial charge in [0.05, 0.1) is 17.6 Å². The van der Waals surface area contributed by atoms with E-state index >= 15 is 0 Å². The van der Waals surface area contributed by atoms with Crippen molar-refractivity contribution in [3.8, 4) is 5.69 Å². The molecule has 1 N–H and O–H groups in total. The summed E-state index contributed by atoms with van der Waals surface area (Å²) in [6.45, 7) is 0.795. The zero-order chi connectivity index (χ0) is 17.0. The molecule has 0 bridgehead atoms. The molecule has 5 rings (SSSR count). The molecule has 0 unspecified atom stereocenters. The second kappa shape index (κ2) is 5.11. The van der Waals surface area contributed by atoms with Crippen LogP contribution < -0.4 is 0 Å². The smallest absolute Gasteiger partial charge is 0.335 e. The first kappa shape index (κ1) is 14.1. The maximum absolute atomic E-state index is 11.4. The van der Waals surface area contributed by atoms with E-state index in [4.69, 9.17) is 0 Å². The van der Waals surface area contributed by atoms with Crippen molar-refractivity contribution in [1.29, 1.82) is 0 Å². The molecule has 25 heavy (non-hydrogen) atoms. The lowest BCUT2D eigenvalue weighted by Gasteiger charge is -2.19. The minimum absolute atomic E-state index is 0.335. The van der Waals surface area contributed by atoms with Crippen molar-refractivity contribution in [2.75, 3.05) is 0 Å². The maximum Gasteiger partial charge on any atom is 0.335 e. The number of carboxylic acids is 1. The molecule has 0 saturated heterocycles. The molecule has 0 amide bonds. The van der Waals surface area contributed by atoms with Crippen molar-refractivity contribution < 1.29 is 9.90 Å². The van der Waals surface area contributed by atoms with Gasteiger partial charge in [0.2, 0.25) is 0 Å². The summed E-state index contributed by atoms with van der Waals surface area (Å²) in [7, 11) is 0. The molecule has 1 aliphatic heterocycles. The molecule has 0 atom stereocenters. The van der Waals surface area contributed by atoms with E-state index in [2.05, 4.69) is 39.6 Å². The number of carbonyl (C=O) groups is 1. The number of aromatic carboxylic acids is 1. The van der Waals surface area contributed by atoms with Gasteiger partial charge in [-0.25, -0.2) is 4.79 Å². The van der Waals surface area contributed by atoms with Crippen molar-refractivity contribution in [3.05, 3.63) is 89.4 Å². The van der Waals surface area contributed by atoms with E-state index in [9.17, 15) is 9.90 Å². The highest BCUT2D eigenvalue weighted by Gasteiger charge is 2.24. The van der Waals surface area contributed by atoms with E-state index in [1.165, 1.54) is 17.0 Å². The fourth-order valence-electron chi connectivity index (χ4n) is 3.88. The van der Waals surface area contributed by atoms with E-state index in [0.29, 0.717) is 5.56 Å². The van der Waals surface area contributed by atoms with Crippen LogP contribution in [0.1, 0.15) is 27.3 Å². The number of hydrogen-bond acceptors (Lipinski definition) is 1. The Kier molecular flexibility index (Phi) is 2.88. The topological polar surface area (TPSA) is 47.2 Å². The summed E-state index contributed by atoms with van der Waals surface area (Å²) in [6, 6.07) is 19.9. The van der Waals surface area contributed by atoms with Gasteiger partial charge in [0.25, 0.3) is 0 Å². The minimum atomic E-state index is -0.887. The molecule has 4 heteroatoms. The number of carboxylic acid groups (broad SMARTS) is 1. The predicted molar refractivity (Wildman–Crippen MR) is 96.6 cm³/mol. The molecule has 122 valence electrons. The lowest BCUT2D eigenvalue weighted by Crippen LogP contribution is -2.15. The summed E-state index contributed by atoms with van der Waals surface area (Å²) in [5.41, 5.74) is 6.22. The van der Waals surface area contributed by atoms with E-state index in [1.54, 1.807) is 6.07 Å². The normalized spacial score (nSPS) is 12.8. The Morgan fingerprint density at radius 2 is 1.84 bits per heavy atom. The Morgan fingerprint density at radius 1 is 1.00 bits per heavy atom. The highest BCUT2D eigenvalue weighted by atomic mass is 16.4. The quantitative estimate of drug-likeness (QED) is 0.531. The predicted octanol–water partition coefficient (Wildman–Crippen LogP) is 4.08. The monoisotopic (exact) mass is 328 g/mol. The van der Waals surface area contributed by atoms with Gasteiger partial charge in [-0.3, -0.25) is 0 Å². The number of rotatable bonds is 2. The molecule has 0 fully saturated rings. The average Bonchev–Trinajstić information content (AvgIpc) is 3.21. The van der Waals surface area contributed by atoms with Gasteiger partial charge in [-0.15, -0.1) is 0 Å². The zero-order valence-corrected chi connectivity index (χ0v) is 13.5. The Morgan fingerprint density at radius 3 is 2.64 bits per heavy atom. The van der Waals surface area contributed by atoms with Gasteiger partial charge in [-0.1, -0.05) is 18.2 Å². The second-order valence-corrected chi connectivity index (χ2v) is 6.44. The van der Waals surface area contributed by atoms with Crippen LogP contribution in [0.2, 0.25) is 0 Å². The van der Waals surface area contributed by atoms with Crippen molar-refractivity contribution >= 4 is 16.9 Å². The van der Waals surface area contributed by atoms with Crippen LogP contribution in [-0.2, 0) is 13.0 Å². The summed E-state index contributed by atoms with van der Waals surface area (Å²) in [4.78, 5) is 11.4. The first-order valence-corrected chi connectivity index (χ1v) is 8.31. The van der Waals surface area contributed by atoms with E-state index in [1.807, 2.05) is 30.3 Å². The molecule has 2 aromatic carbocycles. The molecule has 0 aliphatic carbocycles. The fraction of sp³-hybridized carbons (Fsp3) is 0.0952. The molecule has 1 aliphatic rings. The number of fused-ring (bicyclic) bond motifs is 4. The van der Waals surface area contributed by atoms with E-state index in [-0.39, 0.29) is 0 Å².